The van der Waals surface area contributed by atoms with Crippen molar-refractivity contribution in [1.29, 1.82) is 0 Å². The first-order valence-electron chi connectivity index (χ1n) is 15.3. The molecule has 9 heteroatoms. The van der Waals surface area contributed by atoms with Crippen LogP contribution in [0.1, 0.15) is 73.6 Å². The number of hydrogen-bond donors (Lipinski definition) is 3. The van der Waals surface area contributed by atoms with Crippen molar-refractivity contribution in [3.8, 4) is 0 Å². The van der Waals surface area contributed by atoms with Gasteiger partial charge in [0.05, 0.1) is 17.5 Å². The van der Waals surface area contributed by atoms with Crippen LogP contribution in [0.4, 0.5) is 0 Å². The summed E-state index contributed by atoms with van der Waals surface area (Å²) in [6.45, 7) is 0.437. The van der Waals surface area contributed by atoms with Crippen molar-refractivity contribution >= 4 is 21.8 Å². The third-order valence-electron chi connectivity index (χ3n) is 8.75. The highest BCUT2D eigenvalue weighted by atomic mass is 32.2. The maximum Gasteiger partial charge on any atom is 0.244 e. The molecule has 3 aromatic rings. The minimum Gasteiger partial charge on any atom is -0.394 e. The van der Waals surface area contributed by atoms with E-state index in [1.54, 1.807) is 30.3 Å². The Bertz CT molecular complexity index is 1460. The summed E-state index contributed by atoms with van der Waals surface area (Å²) in [5.74, 6) is -0.519. The Hall–Kier alpha value is -3.53. The normalized spacial score (nSPS) is 21.9. The first-order valence-corrected chi connectivity index (χ1v) is 16.7. The summed E-state index contributed by atoms with van der Waals surface area (Å²) in [6.07, 6.45) is 5.68. The van der Waals surface area contributed by atoms with Crippen LogP contribution in [-0.2, 0) is 26.2 Å². The molecule has 228 valence electrons. The topological polar surface area (TPSA) is 116 Å². The molecule has 0 bridgehead atoms. The van der Waals surface area contributed by atoms with Crippen molar-refractivity contribution in [3.63, 3.8) is 0 Å². The van der Waals surface area contributed by atoms with Crippen molar-refractivity contribution in [2.45, 2.75) is 74.4 Å². The van der Waals surface area contributed by atoms with Crippen molar-refractivity contribution in [2.75, 3.05) is 13.2 Å². The number of aliphatic hydroxyl groups is 1. The number of aliphatic hydroxyl groups excluding tert-OH is 1. The molecule has 0 radical (unpaired) electrons. The lowest BCUT2D eigenvalue weighted by molar-refractivity contribution is -0.127. The van der Waals surface area contributed by atoms with E-state index in [0.29, 0.717) is 13.0 Å². The van der Waals surface area contributed by atoms with Gasteiger partial charge >= 0.3 is 0 Å². The highest BCUT2D eigenvalue weighted by Gasteiger charge is 2.37. The van der Waals surface area contributed by atoms with Crippen LogP contribution >= 0.6 is 0 Å². The largest absolute Gasteiger partial charge is 0.394 e. The van der Waals surface area contributed by atoms with E-state index >= 15 is 0 Å². The number of nitrogens with zero attached hydrogens (tertiary/aromatic N) is 1. The Morgan fingerprint density at radius 3 is 2.23 bits per heavy atom. The van der Waals surface area contributed by atoms with Gasteiger partial charge in [0, 0.05) is 19.0 Å². The van der Waals surface area contributed by atoms with E-state index in [4.69, 9.17) is 0 Å². The smallest absolute Gasteiger partial charge is 0.244 e. The maximum atomic E-state index is 13.8. The van der Waals surface area contributed by atoms with Crippen molar-refractivity contribution in [3.05, 3.63) is 102 Å². The zero-order valence-corrected chi connectivity index (χ0v) is 25.2. The number of hydrogen-bond acceptors (Lipinski definition) is 5. The summed E-state index contributed by atoms with van der Waals surface area (Å²) in [5.41, 5.74) is 2.68. The van der Waals surface area contributed by atoms with Gasteiger partial charge in [-0.05, 0) is 66.8 Å². The van der Waals surface area contributed by atoms with Gasteiger partial charge in [-0.15, -0.1) is 0 Å². The molecule has 0 aromatic heterocycles. The van der Waals surface area contributed by atoms with Gasteiger partial charge in [0.2, 0.25) is 21.8 Å². The van der Waals surface area contributed by atoms with Crippen molar-refractivity contribution < 1.29 is 23.1 Å². The number of amides is 2. The summed E-state index contributed by atoms with van der Waals surface area (Å²) in [5, 5.41) is 15.9. The molecular weight excluding hydrogens is 562 g/mol. The minimum absolute atomic E-state index is 0.0229. The number of sulfonamides is 1. The van der Waals surface area contributed by atoms with Crippen LogP contribution in [0.2, 0.25) is 0 Å². The van der Waals surface area contributed by atoms with E-state index in [9.17, 15) is 23.1 Å². The highest BCUT2D eigenvalue weighted by molar-refractivity contribution is 7.89. The van der Waals surface area contributed by atoms with E-state index in [-0.39, 0.29) is 41.7 Å². The molecule has 2 amide bonds. The zero-order valence-electron chi connectivity index (χ0n) is 24.4. The molecule has 4 unspecified atom stereocenters. The van der Waals surface area contributed by atoms with Crippen LogP contribution in [0.15, 0.2) is 89.8 Å². The van der Waals surface area contributed by atoms with Crippen LogP contribution in [0, 0.1) is 5.92 Å². The van der Waals surface area contributed by atoms with Crippen LogP contribution in [0.25, 0.3) is 0 Å². The van der Waals surface area contributed by atoms with Gasteiger partial charge in [0.1, 0.15) is 6.04 Å². The highest BCUT2D eigenvalue weighted by Crippen LogP contribution is 2.38. The predicted octanol–water partition coefficient (Wildman–Crippen LogP) is 4.67. The summed E-state index contributed by atoms with van der Waals surface area (Å²) in [6, 6.07) is 24.3. The van der Waals surface area contributed by atoms with Crippen LogP contribution in [-0.4, -0.2) is 48.8 Å². The fraction of sp³-hybridized carbons (Fsp3) is 0.412. The molecule has 1 aliphatic heterocycles. The zero-order chi connectivity index (χ0) is 30.2. The standard InChI is InChI=1S/C34H41N3O5S/c38-24-31(27-11-3-1-4-12-27)36-33(39)30-16-8-7-15-29(30)26-20-18-25(19-21-26)23-37(32-17-9-10-22-35-34(32)40)43(41,42)28-13-5-2-6-14-28/h1-6,11-14,18-21,29-32,38H,7-10,15-17,22-24H2,(H,35,40)(H,36,39). The van der Waals surface area contributed by atoms with Crippen LogP contribution in [0.3, 0.4) is 0 Å². The SMILES string of the molecule is O=C(NC(CO)c1ccccc1)C1CCCCC1c1ccc(CN(C2CCCCNC2=O)S(=O)(=O)c2ccccc2)cc1. The van der Waals surface area contributed by atoms with Gasteiger partial charge in [-0.2, -0.15) is 4.31 Å². The lowest BCUT2D eigenvalue weighted by Crippen LogP contribution is -2.48. The second-order valence-corrected chi connectivity index (χ2v) is 13.4. The third-order valence-corrected chi connectivity index (χ3v) is 10.6. The Balaban J connectivity index is 1.36. The van der Waals surface area contributed by atoms with E-state index in [1.165, 1.54) is 4.31 Å². The second kappa shape index (κ2) is 14.3. The van der Waals surface area contributed by atoms with E-state index in [2.05, 4.69) is 10.6 Å². The fourth-order valence-corrected chi connectivity index (χ4v) is 8.01. The predicted molar refractivity (Wildman–Crippen MR) is 165 cm³/mol. The summed E-state index contributed by atoms with van der Waals surface area (Å²) < 4.78 is 29.0. The van der Waals surface area contributed by atoms with Gasteiger partial charge < -0.3 is 15.7 Å². The number of benzene rings is 3. The van der Waals surface area contributed by atoms with Crippen LogP contribution < -0.4 is 10.6 Å². The summed E-state index contributed by atoms with van der Waals surface area (Å²) >= 11 is 0. The molecule has 5 rings (SSSR count). The Labute approximate surface area is 254 Å². The quantitative estimate of drug-likeness (QED) is 0.312. The number of rotatable bonds is 10. The molecular formula is C34H41N3O5S. The molecule has 43 heavy (non-hydrogen) atoms. The summed E-state index contributed by atoms with van der Waals surface area (Å²) in [7, 11) is -3.94. The number of carbonyl (C=O) groups is 2. The number of carbonyl (C=O) groups excluding carboxylic acids is 2. The first kappa shape index (κ1) is 30.9. The van der Waals surface area contributed by atoms with E-state index < -0.39 is 22.1 Å². The van der Waals surface area contributed by atoms with Crippen molar-refractivity contribution in [1.82, 2.24) is 14.9 Å². The molecule has 3 aromatic carbocycles. The van der Waals surface area contributed by atoms with Gasteiger partial charge in [-0.1, -0.05) is 85.6 Å². The van der Waals surface area contributed by atoms with Crippen molar-refractivity contribution in [2.24, 2.45) is 5.92 Å². The van der Waals surface area contributed by atoms with Gasteiger partial charge in [-0.25, -0.2) is 8.42 Å². The van der Waals surface area contributed by atoms with Gasteiger partial charge in [0.25, 0.3) is 0 Å². The number of nitrogens with one attached hydrogen (secondary N) is 2. The average molecular weight is 604 g/mol. The molecule has 8 nitrogen and oxygen atoms in total. The molecule has 2 fully saturated rings. The second-order valence-electron chi connectivity index (χ2n) is 11.6. The van der Waals surface area contributed by atoms with E-state index in [1.807, 2.05) is 54.6 Å². The van der Waals surface area contributed by atoms with E-state index in [0.717, 1.165) is 55.2 Å². The maximum absolute atomic E-state index is 13.8. The third kappa shape index (κ3) is 7.34. The Morgan fingerprint density at radius 2 is 1.53 bits per heavy atom. The van der Waals surface area contributed by atoms with Crippen LogP contribution in [0.5, 0.6) is 0 Å². The molecule has 1 heterocycles. The lowest BCUT2D eigenvalue weighted by atomic mass is 9.74. The van der Waals surface area contributed by atoms with Gasteiger partial charge in [0.15, 0.2) is 0 Å². The minimum atomic E-state index is -3.94. The molecule has 2 aliphatic rings. The fourth-order valence-electron chi connectivity index (χ4n) is 6.38. The summed E-state index contributed by atoms with van der Waals surface area (Å²) in [4.78, 5) is 26.6. The Kier molecular flexibility index (Phi) is 10.3. The molecule has 1 aliphatic carbocycles. The lowest BCUT2D eigenvalue weighted by Gasteiger charge is -2.32. The Morgan fingerprint density at radius 1 is 0.884 bits per heavy atom. The first-order chi connectivity index (χ1) is 20.9. The van der Waals surface area contributed by atoms with Gasteiger partial charge in [-0.3, -0.25) is 9.59 Å². The molecule has 0 spiro atoms. The monoisotopic (exact) mass is 603 g/mol. The molecule has 4 atom stereocenters. The molecule has 1 saturated heterocycles. The molecule has 3 N–H and O–H groups in total. The molecule has 1 saturated carbocycles. The average Bonchev–Trinajstić information content (AvgIpc) is 3.27.